The zero-order valence-electron chi connectivity index (χ0n) is 11.5. The highest BCUT2D eigenvalue weighted by Gasteiger charge is 2.31. The van der Waals surface area contributed by atoms with Crippen molar-refractivity contribution < 1.29 is 19.0 Å². The molecule has 0 spiro atoms. The van der Waals surface area contributed by atoms with Gasteiger partial charge in [0.25, 0.3) is 5.91 Å². The zero-order chi connectivity index (χ0) is 15.0. The molecule has 0 atom stereocenters. The minimum atomic E-state index is -0.0656. The van der Waals surface area contributed by atoms with Crippen molar-refractivity contribution in [1.82, 2.24) is 4.90 Å². The highest BCUT2D eigenvalue weighted by Crippen LogP contribution is 2.43. The summed E-state index contributed by atoms with van der Waals surface area (Å²) in [6.07, 6.45) is 1.79. The molecule has 2 aliphatic rings. The van der Waals surface area contributed by atoms with Crippen molar-refractivity contribution in [1.29, 1.82) is 0 Å². The van der Waals surface area contributed by atoms with Crippen LogP contribution in [0.4, 0.5) is 0 Å². The van der Waals surface area contributed by atoms with E-state index in [1.54, 1.807) is 18.1 Å². The van der Waals surface area contributed by atoms with Crippen molar-refractivity contribution in [3.05, 3.63) is 22.6 Å². The molecule has 3 rings (SSSR count). The van der Waals surface area contributed by atoms with Crippen LogP contribution in [-0.2, 0) is 4.79 Å². The third kappa shape index (κ3) is 2.47. The lowest BCUT2D eigenvalue weighted by Crippen LogP contribution is -2.27. The summed E-state index contributed by atoms with van der Waals surface area (Å²) in [7, 11) is 1.57. The number of carbonyl (C=O) groups excluding carboxylic acids is 1. The Balaban J connectivity index is 1.97. The Kier molecular flexibility index (Phi) is 3.77. The maximum absolute atomic E-state index is 12.2. The number of hydrogen-bond acceptors (Lipinski definition) is 6. The van der Waals surface area contributed by atoms with E-state index >= 15 is 0 Å². The predicted octanol–water partition coefficient (Wildman–Crippen LogP) is 2.65. The largest absolute Gasteiger partial charge is 0.493 e. The van der Waals surface area contributed by atoms with Crippen molar-refractivity contribution in [2.24, 2.45) is 0 Å². The second-order valence-electron chi connectivity index (χ2n) is 4.38. The highest BCUT2D eigenvalue weighted by atomic mass is 32.2. The summed E-state index contributed by atoms with van der Waals surface area (Å²) < 4.78 is 16.6. The van der Waals surface area contributed by atoms with Gasteiger partial charge in [0.15, 0.2) is 11.5 Å². The van der Waals surface area contributed by atoms with E-state index in [4.69, 9.17) is 26.4 Å². The number of thiocarbonyl (C=S) groups is 1. The molecule has 1 amide bonds. The lowest BCUT2D eigenvalue weighted by Gasteiger charge is -2.09. The summed E-state index contributed by atoms with van der Waals surface area (Å²) in [4.78, 5) is 14.4. The summed E-state index contributed by atoms with van der Waals surface area (Å²) >= 11 is 6.50. The quantitative estimate of drug-likeness (QED) is 0.629. The van der Waals surface area contributed by atoms with Crippen LogP contribution in [0.1, 0.15) is 12.5 Å². The van der Waals surface area contributed by atoms with E-state index in [1.807, 2.05) is 19.1 Å². The summed E-state index contributed by atoms with van der Waals surface area (Å²) in [5, 5.41) is 0. The first-order chi connectivity index (χ1) is 10.1. The van der Waals surface area contributed by atoms with E-state index in [1.165, 1.54) is 11.8 Å². The Morgan fingerprint density at radius 1 is 1.48 bits per heavy atom. The molecule has 0 bridgehead atoms. The fraction of sp³-hybridized carbons (Fsp3) is 0.286. The number of ether oxygens (including phenoxy) is 3. The molecule has 0 aliphatic carbocycles. The van der Waals surface area contributed by atoms with Gasteiger partial charge in [0.05, 0.1) is 12.0 Å². The summed E-state index contributed by atoms with van der Waals surface area (Å²) in [6.45, 7) is 2.65. The van der Waals surface area contributed by atoms with Crippen LogP contribution < -0.4 is 14.2 Å². The number of carbonyl (C=O) groups is 1. The normalized spacial score (nSPS) is 18.8. The maximum Gasteiger partial charge on any atom is 0.266 e. The molecule has 2 aliphatic heterocycles. The van der Waals surface area contributed by atoms with Crippen LogP contribution in [0.3, 0.4) is 0 Å². The number of hydrogen-bond donors (Lipinski definition) is 0. The standard InChI is InChI=1S/C14H13NO4S2/c1-3-15-13(16)11(21-14(15)20)6-8-4-9(17-2)12-10(5-8)18-7-19-12/h4-6H,3,7H2,1-2H3/b11-6-. The number of methoxy groups -OCH3 is 1. The monoisotopic (exact) mass is 323 g/mol. The van der Waals surface area contributed by atoms with Crippen LogP contribution in [0, 0.1) is 0 Å². The maximum atomic E-state index is 12.2. The Bertz CT molecular complexity index is 657. The van der Waals surface area contributed by atoms with E-state index in [0.717, 1.165) is 5.56 Å². The van der Waals surface area contributed by atoms with Crippen molar-refractivity contribution in [2.75, 3.05) is 20.4 Å². The van der Waals surface area contributed by atoms with Crippen molar-refractivity contribution in [3.8, 4) is 17.2 Å². The second kappa shape index (κ2) is 5.57. The Morgan fingerprint density at radius 3 is 2.95 bits per heavy atom. The van der Waals surface area contributed by atoms with Gasteiger partial charge in [-0.05, 0) is 30.7 Å². The minimum absolute atomic E-state index is 0.0656. The van der Waals surface area contributed by atoms with Gasteiger partial charge >= 0.3 is 0 Å². The molecule has 1 fully saturated rings. The average molecular weight is 323 g/mol. The molecule has 0 aromatic heterocycles. The minimum Gasteiger partial charge on any atom is -0.493 e. The van der Waals surface area contributed by atoms with Crippen LogP contribution in [0.5, 0.6) is 17.2 Å². The third-order valence-corrected chi connectivity index (χ3v) is 4.55. The lowest BCUT2D eigenvalue weighted by atomic mass is 10.1. The van der Waals surface area contributed by atoms with Gasteiger partial charge in [0.1, 0.15) is 4.32 Å². The molecule has 110 valence electrons. The van der Waals surface area contributed by atoms with Gasteiger partial charge in [-0.2, -0.15) is 0 Å². The molecule has 1 aromatic rings. The van der Waals surface area contributed by atoms with E-state index in [0.29, 0.717) is 33.0 Å². The van der Waals surface area contributed by atoms with Crippen molar-refractivity contribution >= 4 is 40.3 Å². The van der Waals surface area contributed by atoms with Crippen LogP contribution in [-0.4, -0.2) is 35.6 Å². The second-order valence-corrected chi connectivity index (χ2v) is 6.06. The van der Waals surface area contributed by atoms with Crippen molar-refractivity contribution in [3.63, 3.8) is 0 Å². The summed E-state index contributed by atoms with van der Waals surface area (Å²) in [6, 6.07) is 3.63. The molecular weight excluding hydrogens is 310 g/mol. The number of nitrogens with zero attached hydrogens (tertiary/aromatic N) is 1. The average Bonchev–Trinajstić information content (AvgIpc) is 3.03. The molecule has 5 nitrogen and oxygen atoms in total. The van der Waals surface area contributed by atoms with Crippen LogP contribution in [0.25, 0.3) is 6.08 Å². The zero-order valence-corrected chi connectivity index (χ0v) is 13.2. The number of likely N-dealkylation sites (N-methyl/N-ethyl adjacent to an activating group) is 1. The number of rotatable bonds is 3. The molecule has 21 heavy (non-hydrogen) atoms. The SMILES string of the molecule is CCN1C(=O)/C(=C/c2cc(OC)c3c(c2)OCO3)SC1=S. The van der Waals surface area contributed by atoms with Crippen molar-refractivity contribution in [2.45, 2.75) is 6.92 Å². The molecule has 1 aromatic carbocycles. The number of amides is 1. The molecule has 7 heteroatoms. The first kappa shape index (κ1) is 14.2. The van der Waals surface area contributed by atoms with Gasteiger partial charge in [-0.1, -0.05) is 24.0 Å². The van der Waals surface area contributed by atoms with Gasteiger partial charge in [0.2, 0.25) is 12.5 Å². The van der Waals surface area contributed by atoms with E-state index < -0.39 is 0 Å². The smallest absolute Gasteiger partial charge is 0.266 e. The topological polar surface area (TPSA) is 48.0 Å². The number of thioether (sulfide) groups is 1. The fourth-order valence-electron chi connectivity index (χ4n) is 2.16. The fourth-order valence-corrected chi connectivity index (χ4v) is 3.54. The van der Waals surface area contributed by atoms with Crippen LogP contribution >= 0.6 is 24.0 Å². The summed E-state index contributed by atoms with van der Waals surface area (Å²) in [5.41, 5.74) is 0.813. The van der Waals surface area contributed by atoms with E-state index in [2.05, 4.69) is 0 Å². The van der Waals surface area contributed by atoms with E-state index in [9.17, 15) is 4.79 Å². The first-order valence-electron chi connectivity index (χ1n) is 6.37. The van der Waals surface area contributed by atoms with Crippen LogP contribution in [0.15, 0.2) is 17.0 Å². The lowest BCUT2D eigenvalue weighted by molar-refractivity contribution is -0.121. The molecule has 0 N–H and O–H groups in total. The number of benzene rings is 1. The molecule has 0 saturated carbocycles. The Morgan fingerprint density at radius 2 is 2.29 bits per heavy atom. The van der Waals surface area contributed by atoms with E-state index in [-0.39, 0.29) is 12.7 Å². The Hall–Kier alpha value is -1.73. The highest BCUT2D eigenvalue weighted by molar-refractivity contribution is 8.26. The van der Waals surface area contributed by atoms with Gasteiger partial charge in [-0.25, -0.2) is 0 Å². The van der Waals surface area contributed by atoms with Gasteiger partial charge in [0, 0.05) is 6.54 Å². The molecule has 0 radical (unpaired) electrons. The Labute approximate surface area is 131 Å². The van der Waals surface area contributed by atoms with Gasteiger partial charge < -0.3 is 14.2 Å². The molecule has 0 unspecified atom stereocenters. The number of fused-ring (bicyclic) bond motifs is 1. The van der Waals surface area contributed by atoms with Crippen LogP contribution in [0.2, 0.25) is 0 Å². The molecule has 2 heterocycles. The first-order valence-corrected chi connectivity index (χ1v) is 7.59. The molecular formula is C14H13NO4S2. The predicted molar refractivity (Wildman–Crippen MR) is 84.7 cm³/mol. The molecule has 1 saturated heterocycles. The van der Waals surface area contributed by atoms with Gasteiger partial charge in [-0.3, -0.25) is 9.69 Å². The van der Waals surface area contributed by atoms with Gasteiger partial charge in [-0.15, -0.1) is 0 Å². The third-order valence-electron chi connectivity index (χ3n) is 3.17. The summed E-state index contributed by atoms with van der Waals surface area (Å²) in [5.74, 6) is 1.73.